The third kappa shape index (κ3) is 3.73. The molecule has 0 unspecified atom stereocenters. The minimum absolute atomic E-state index is 0.155. The minimum atomic E-state index is -0.422. The van der Waals surface area contributed by atoms with Gasteiger partial charge in [0.2, 0.25) is 0 Å². The number of benzene rings is 2. The van der Waals surface area contributed by atoms with Crippen LogP contribution < -0.4 is 0 Å². The highest BCUT2D eigenvalue weighted by molar-refractivity contribution is 6.30. The summed E-state index contributed by atoms with van der Waals surface area (Å²) in [7, 11) is 0. The number of furan rings is 1. The van der Waals surface area contributed by atoms with Gasteiger partial charge in [-0.25, -0.2) is 4.79 Å². The molecule has 0 spiro atoms. The van der Waals surface area contributed by atoms with E-state index in [0.717, 1.165) is 11.1 Å². The Hall–Kier alpha value is -2.85. The summed E-state index contributed by atoms with van der Waals surface area (Å²) in [6.45, 7) is 0.155. The van der Waals surface area contributed by atoms with Crippen molar-refractivity contribution in [1.29, 1.82) is 0 Å². The van der Waals surface area contributed by atoms with Gasteiger partial charge < -0.3 is 9.15 Å². The quantitative estimate of drug-likeness (QED) is 0.496. The molecular formula is C19H13ClO4. The van der Waals surface area contributed by atoms with Gasteiger partial charge in [-0.2, -0.15) is 0 Å². The average Bonchev–Trinajstić information content (AvgIpc) is 3.09. The number of halogens is 1. The first-order chi connectivity index (χ1) is 11.7. The van der Waals surface area contributed by atoms with Crippen molar-refractivity contribution >= 4 is 23.9 Å². The molecule has 1 heterocycles. The van der Waals surface area contributed by atoms with E-state index in [9.17, 15) is 9.59 Å². The van der Waals surface area contributed by atoms with Gasteiger partial charge in [0, 0.05) is 10.6 Å². The van der Waals surface area contributed by atoms with Gasteiger partial charge in [-0.15, -0.1) is 0 Å². The van der Waals surface area contributed by atoms with Crippen molar-refractivity contribution < 1.29 is 18.7 Å². The van der Waals surface area contributed by atoms with Crippen molar-refractivity contribution in [3.05, 3.63) is 82.6 Å². The van der Waals surface area contributed by atoms with Crippen LogP contribution in [0.3, 0.4) is 0 Å². The lowest BCUT2D eigenvalue weighted by molar-refractivity contribution is 0.0472. The Morgan fingerprint density at radius 2 is 1.88 bits per heavy atom. The molecule has 0 atom stereocenters. The second-order valence-electron chi connectivity index (χ2n) is 5.10. The summed E-state index contributed by atoms with van der Waals surface area (Å²) in [4.78, 5) is 22.7. The van der Waals surface area contributed by atoms with Gasteiger partial charge in [-0.3, -0.25) is 4.79 Å². The van der Waals surface area contributed by atoms with Gasteiger partial charge in [-0.05, 0) is 42.0 Å². The molecule has 0 fully saturated rings. The fourth-order valence-corrected chi connectivity index (χ4v) is 2.41. The van der Waals surface area contributed by atoms with Gasteiger partial charge in [0.1, 0.15) is 12.4 Å². The van der Waals surface area contributed by atoms with E-state index in [0.29, 0.717) is 22.6 Å². The first-order valence-electron chi connectivity index (χ1n) is 7.23. The number of carbonyl (C=O) groups excluding carboxylic acids is 2. The molecule has 2 aromatic carbocycles. The van der Waals surface area contributed by atoms with Gasteiger partial charge in [0.05, 0.1) is 5.56 Å². The third-order valence-corrected chi connectivity index (χ3v) is 3.64. The SMILES string of the molecule is O=Cc1ccc(-c2ccc(C(=O)OCc3cccc(Cl)c3)cc2)o1. The molecule has 1 aromatic heterocycles. The second kappa shape index (κ2) is 7.15. The normalized spacial score (nSPS) is 10.4. The molecule has 5 heteroatoms. The van der Waals surface area contributed by atoms with Gasteiger partial charge in [-0.1, -0.05) is 35.9 Å². The highest BCUT2D eigenvalue weighted by Crippen LogP contribution is 2.22. The maximum Gasteiger partial charge on any atom is 0.338 e. The van der Waals surface area contributed by atoms with E-state index in [1.807, 2.05) is 6.07 Å². The first-order valence-corrected chi connectivity index (χ1v) is 7.60. The Morgan fingerprint density at radius 1 is 1.08 bits per heavy atom. The smallest absolute Gasteiger partial charge is 0.338 e. The largest absolute Gasteiger partial charge is 0.457 e. The van der Waals surface area contributed by atoms with Gasteiger partial charge >= 0.3 is 5.97 Å². The fourth-order valence-electron chi connectivity index (χ4n) is 2.20. The van der Waals surface area contributed by atoms with Crippen molar-refractivity contribution in [2.45, 2.75) is 6.61 Å². The van der Waals surface area contributed by atoms with Crippen LogP contribution in [-0.4, -0.2) is 12.3 Å². The highest BCUT2D eigenvalue weighted by Gasteiger charge is 2.09. The summed E-state index contributed by atoms with van der Waals surface area (Å²) >= 11 is 5.89. The fraction of sp³-hybridized carbons (Fsp3) is 0.0526. The Morgan fingerprint density at radius 3 is 2.54 bits per heavy atom. The lowest BCUT2D eigenvalue weighted by Crippen LogP contribution is -2.05. The van der Waals surface area contributed by atoms with Crippen LogP contribution in [0.15, 0.2) is 65.1 Å². The zero-order valence-electron chi connectivity index (χ0n) is 12.6. The van der Waals surface area contributed by atoms with Crippen molar-refractivity contribution in [2.75, 3.05) is 0 Å². The molecule has 4 nitrogen and oxygen atoms in total. The maximum absolute atomic E-state index is 12.1. The lowest BCUT2D eigenvalue weighted by Gasteiger charge is -2.06. The van der Waals surface area contributed by atoms with E-state index < -0.39 is 5.97 Å². The predicted molar refractivity (Wildman–Crippen MR) is 90.1 cm³/mol. The number of rotatable bonds is 5. The van der Waals surface area contributed by atoms with E-state index >= 15 is 0 Å². The third-order valence-electron chi connectivity index (χ3n) is 3.41. The number of hydrogen-bond acceptors (Lipinski definition) is 4. The summed E-state index contributed by atoms with van der Waals surface area (Å²) in [6, 6.07) is 17.2. The number of ether oxygens (including phenoxy) is 1. The molecule has 120 valence electrons. The van der Waals surface area contributed by atoms with E-state index in [2.05, 4.69) is 0 Å². The van der Waals surface area contributed by atoms with Crippen LogP contribution in [0, 0.1) is 0 Å². The average molecular weight is 341 g/mol. The van der Waals surface area contributed by atoms with Crippen molar-refractivity contribution in [3.8, 4) is 11.3 Å². The Balaban J connectivity index is 1.66. The molecule has 0 aliphatic carbocycles. The molecule has 0 N–H and O–H groups in total. The molecule has 0 bridgehead atoms. The molecule has 0 amide bonds. The van der Waals surface area contributed by atoms with Crippen LogP contribution in [0.5, 0.6) is 0 Å². The van der Waals surface area contributed by atoms with Crippen molar-refractivity contribution in [2.24, 2.45) is 0 Å². The lowest BCUT2D eigenvalue weighted by atomic mass is 10.1. The number of carbonyl (C=O) groups is 2. The molecule has 3 aromatic rings. The molecule has 0 saturated carbocycles. The second-order valence-corrected chi connectivity index (χ2v) is 5.54. The number of esters is 1. The summed E-state index contributed by atoms with van der Waals surface area (Å²) in [6.07, 6.45) is 0.644. The Kier molecular flexibility index (Phi) is 4.77. The number of hydrogen-bond donors (Lipinski definition) is 0. The molecule has 24 heavy (non-hydrogen) atoms. The van der Waals surface area contributed by atoms with Crippen molar-refractivity contribution in [3.63, 3.8) is 0 Å². The highest BCUT2D eigenvalue weighted by atomic mass is 35.5. The van der Waals surface area contributed by atoms with Crippen LogP contribution in [0.25, 0.3) is 11.3 Å². The molecule has 3 rings (SSSR count). The molecule has 0 aliphatic rings. The van der Waals surface area contributed by atoms with E-state index in [4.69, 9.17) is 20.8 Å². The molecule has 0 radical (unpaired) electrons. The molecular weight excluding hydrogens is 328 g/mol. The summed E-state index contributed by atoms with van der Waals surface area (Å²) < 4.78 is 10.6. The Labute approximate surface area is 143 Å². The Bertz CT molecular complexity index is 865. The van der Waals surface area contributed by atoms with Crippen LogP contribution in [-0.2, 0) is 11.3 Å². The van der Waals surface area contributed by atoms with Crippen LogP contribution in [0.1, 0.15) is 26.5 Å². The zero-order chi connectivity index (χ0) is 16.9. The maximum atomic E-state index is 12.1. The van der Waals surface area contributed by atoms with Crippen LogP contribution in [0.4, 0.5) is 0 Å². The number of aldehydes is 1. The minimum Gasteiger partial charge on any atom is -0.457 e. The summed E-state index contributed by atoms with van der Waals surface area (Å²) in [5.74, 6) is 0.403. The zero-order valence-corrected chi connectivity index (χ0v) is 13.3. The van der Waals surface area contributed by atoms with E-state index in [1.54, 1.807) is 54.6 Å². The van der Waals surface area contributed by atoms with E-state index in [-0.39, 0.29) is 12.4 Å². The van der Waals surface area contributed by atoms with Gasteiger partial charge in [0.15, 0.2) is 12.0 Å². The standard InChI is InChI=1S/C19H13ClO4/c20-16-3-1-2-13(10-16)12-23-19(22)15-6-4-14(5-7-15)18-9-8-17(11-21)24-18/h1-11H,12H2. The topological polar surface area (TPSA) is 56.5 Å². The van der Waals surface area contributed by atoms with Gasteiger partial charge in [0.25, 0.3) is 0 Å². The molecule has 0 aliphatic heterocycles. The van der Waals surface area contributed by atoms with Crippen molar-refractivity contribution in [1.82, 2.24) is 0 Å². The van der Waals surface area contributed by atoms with Crippen LogP contribution in [0.2, 0.25) is 5.02 Å². The first kappa shape index (κ1) is 16.0. The predicted octanol–water partition coefficient (Wildman–Crippen LogP) is 4.77. The monoisotopic (exact) mass is 340 g/mol. The summed E-state index contributed by atoms with van der Waals surface area (Å²) in [5, 5.41) is 0.598. The summed E-state index contributed by atoms with van der Waals surface area (Å²) in [5.41, 5.74) is 2.03. The molecule has 0 saturated heterocycles. The van der Waals surface area contributed by atoms with E-state index in [1.165, 1.54) is 0 Å². The van der Waals surface area contributed by atoms with Crippen LogP contribution >= 0.6 is 11.6 Å².